The fourth-order valence-electron chi connectivity index (χ4n) is 3.50. The minimum Gasteiger partial charge on any atom is -0.326 e. The van der Waals surface area contributed by atoms with Gasteiger partial charge in [-0.1, -0.05) is 23.8 Å². The van der Waals surface area contributed by atoms with Gasteiger partial charge in [-0.05, 0) is 56.5 Å². The van der Waals surface area contributed by atoms with E-state index in [4.69, 9.17) is 5.26 Å². The number of hydrogen-bond donors (Lipinski definition) is 1. The molecule has 28 heavy (non-hydrogen) atoms. The molecule has 0 saturated carbocycles. The molecule has 1 amide bonds. The number of nitriles is 1. The van der Waals surface area contributed by atoms with Crippen LogP contribution in [0.3, 0.4) is 0 Å². The van der Waals surface area contributed by atoms with E-state index < -0.39 is 10.0 Å². The van der Waals surface area contributed by atoms with Crippen LogP contribution in [0.1, 0.15) is 29.5 Å². The first-order valence-corrected chi connectivity index (χ1v) is 10.6. The van der Waals surface area contributed by atoms with Gasteiger partial charge in [-0.3, -0.25) is 4.79 Å². The average Bonchev–Trinajstić information content (AvgIpc) is 2.68. The molecule has 1 fully saturated rings. The number of nitrogens with zero attached hydrogens (tertiary/aromatic N) is 2. The van der Waals surface area contributed by atoms with Gasteiger partial charge in [0.25, 0.3) is 0 Å². The number of aryl methyl sites for hydroxylation is 2. The van der Waals surface area contributed by atoms with Crippen LogP contribution in [0.5, 0.6) is 0 Å². The molecule has 0 atom stereocenters. The molecule has 146 valence electrons. The smallest absolute Gasteiger partial charge is 0.243 e. The summed E-state index contributed by atoms with van der Waals surface area (Å²) in [5, 5.41) is 11.8. The van der Waals surface area contributed by atoms with E-state index in [2.05, 4.69) is 5.32 Å². The van der Waals surface area contributed by atoms with E-state index in [1.165, 1.54) is 4.31 Å². The highest BCUT2D eigenvalue weighted by molar-refractivity contribution is 7.89. The molecular weight excluding hydrogens is 374 g/mol. The van der Waals surface area contributed by atoms with Crippen LogP contribution in [-0.2, 0) is 14.8 Å². The van der Waals surface area contributed by atoms with Crippen LogP contribution in [0.2, 0.25) is 0 Å². The molecule has 1 aliphatic rings. The Balaban J connectivity index is 1.65. The van der Waals surface area contributed by atoms with Crippen LogP contribution in [0, 0.1) is 31.1 Å². The number of benzene rings is 2. The lowest BCUT2D eigenvalue weighted by Gasteiger charge is -2.31. The van der Waals surface area contributed by atoms with E-state index in [0.717, 1.165) is 11.1 Å². The van der Waals surface area contributed by atoms with Crippen molar-refractivity contribution >= 4 is 21.6 Å². The molecule has 6 nitrogen and oxygen atoms in total. The lowest BCUT2D eigenvalue weighted by Crippen LogP contribution is -2.41. The Labute approximate surface area is 165 Å². The summed E-state index contributed by atoms with van der Waals surface area (Å²) in [6, 6.07) is 14.1. The third-order valence-corrected chi connectivity index (χ3v) is 7.09. The van der Waals surface area contributed by atoms with E-state index in [1.54, 1.807) is 43.3 Å². The summed E-state index contributed by atoms with van der Waals surface area (Å²) < 4.78 is 27.4. The molecule has 2 aromatic carbocycles. The second kappa shape index (κ2) is 8.13. The van der Waals surface area contributed by atoms with Gasteiger partial charge in [-0.25, -0.2) is 8.42 Å². The Kier molecular flexibility index (Phi) is 5.82. The normalized spacial score (nSPS) is 15.8. The summed E-state index contributed by atoms with van der Waals surface area (Å²) in [7, 11) is -3.56. The first kappa shape index (κ1) is 20.1. The van der Waals surface area contributed by atoms with E-state index in [9.17, 15) is 13.2 Å². The molecule has 0 bridgehead atoms. The number of anilines is 1. The summed E-state index contributed by atoms with van der Waals surface area (Å²) in [5.74, 6) is -0.394. The van der Waals surface area contributed by atoms with Crippen molar-refractivity contribution in [3.63, 3.8) is 0 Å². The number of carbonyl (C=O) groups excluding carboxylic acids is 1. The summed E-state index contributed by atoms with van der Waals surface area (Å²) >= 11 is 0. The quantitative estimate of drug-likeness (QED) is 0.858. The first-order chi connectivity index (χ1) is 13.3. The second-order valence-electron chi connectivity index (χ2n) is 7.13. The number of sulfonamides is 1. The summed E-state index contributed by atoms with van der Waals surface area (Å²) in [5.41, 5.74) is 2.81. The standard InChI is InChI=1S/C21H23N3O3S/c1-15-6-7-20(16(2)12-15)28(26,27)24-10-8-18(9-11-24)21(25)23-19-5-3-4-17(13-19)14-22/h3-7,12-13,18H,8-11H2,1-2H3,(H,23,25). The van der Waals surface area contributed by atoms with Crippen molar-refractivity contribution in [2.75, 3.05) is 18.4 Å². The van der Waals surface area contributed by atoms with Gasteiger partial charge in [0.05, 0.1) is 16.5 Å². The number of carbonyl (C=O) groups is 1. The van der Waals surface area contributed by atoms with Crippen LogP contribution in [0.25, 0.3) is 0 Å². The van der Waals surface area contributed by atoms with Crippen molar-refractivity contribution in [2.45, 2.75) is 31.6 Å². The predicted octanol–water partition coefficient (Wildman–Crippen LogP) is 3.21. The van der Waals surface area contributed by atoms with E-state index in [1.807, 2.05) is 19.1 Å². The van der Waals surface area contributed by atoms with Crippen LogP contribution < -0.4 is 5.32 Å². The van der Waals surface area contributed by atoms with E-state index in [0.29, 0.717) is 42.1 Å². The fraction of sp³-hybridized carbons (Fsp3) is 0.333. The Morgan fingerprint density at radius 1 is 1.14 bits per heavy atom. The highest BCUT2D eigenvalue weighted by atomic mass is 32.2. The van der Waals surface area contributed by atoms with Gasteiger partial charge in [0.15, 0.2) is 0 Å². The van der Waals surface area contributed by atoms with Gasteiger partial charge >= 0.3 is 0 Å². The minimum absolute atomic E-state index is 0.140. The van der Waals surface area contributed by atoms with Crippen molar-refractivity contribution in [1.29, 1.82) is 5.26 Å². The SMILES string of the molecule is Cc1ccc(S(=O)(=O)N2CCC(C(=O)Nc3cccc(C#N)c3)CC2)c(C)c1. The van der Waals surface area contributed by atoms with Crippen LogP contribution in [0.15, 0.2) is 47.4 Å². The number of rotatable bonds is 4. The Morgan fingerprint density at radius 3 is 2.50 bits per heavy atom. The van der Waals surface area contributed by atoms with Gasteiger partial charge in [-0.2, -0.15) is 9.57 Å². The monoisotopic (exact) mass is 397 g/mol. The number of nitrogens with one attached hydrogen (secondary N) is 1. The minimum atomic E-state index is -3.56. The highest BCUT2D eigenvalue weighted by Crippen LogP contribution is 2.27. The summed E-state index contributed by atoms with van der Waals surface area (Å²) in [4.78, 5) is 12.9. The molecule has 1 N–H and O–H groups in total. The number of amides is 1. The maximum Gasteiger partial charge on any atom is 0.243 e. The zero-order chi connectivity index (χ0) is 20.3. The van der Waals surface area contributed by atoms with E-state index >= 15 is 0 Å². The lowest BCUT2D eigenvalue weighted by atomic mass is 9.97. The highest BCUT2D eigenvalue weighted by Gasteiger charge is 2.32. The maximum atomic E-state index is 13.0. The molecule has 0 unspecified atom stereocenters. The van der Waals surface area contributed by atoms with Crippen LogP contribution >= 0.6 is 0 Å². The van der Waals surface area contributed by atoms with Crippen molar-refractivity contribution in [3.05, 3.63) is 59.2 Å². The molecule has 1 aliphatic heterocycles. The fourth-order valence-corrected chi connectivity index (χ4v) is 5.17. The van der Waals surface area contributed by atoms with Crippen molar-refractivity contribution < 1.29 is 13.2 Å². The second-order valence-corrected chi connectivity index (χ2v) is 9.04. The third-order valence-electron chi connectivity index (χ3n) is 5.03. The van der Waals surface area contributed by atoms with Gasteiger partial charge in [0.1, 0.15) is 0 Å². The average molecular weight is 398 g/mol. The lowest BCUT2D eigenvalue weighted by molar-refractivity contribution is -0.120. The molecule has 2 aromatic rings. The van der Waals surface area contributed by atoms with Crippen molar-refractivity contribution in [2.24, 2.45) is 5.92 Å². The van der Waals surface area contributed by atoms with Gasteiger partial charge < -0.3 is 5.32 Å². The summed E-state index contributed by atoms with van der Waals surface area (Å²) in [6.45, 7) is 4.35. The Hall–Kier alpha value is -2.69. The zero-order valence-electron chi connectivity index (χ0n) is 16.0. The molecular formula is C21H23N3O3S. The largest absolute Gasteiger partial charge is 0.326 e. The maximum absolute atomic E-state index is 13.0. The van der Waals surface area contributed by atoms with Crippen molar-refractivity contribution in [3.8, 4) is 6.07 Å². The topological polar surface area (TPSA) is 90.3 Å². The van der Waals surface area contributed by atoms with Crippen molar-refractivity contribution in [1.82, 2.24) is 4.31 Å². The molecule has 3 rings (SSSR count). The molecule has 0 aliphatic carbocycles. The molecule has 0 spiro atoms. The third kappa shape index (κ3) is 4.24. The van der Waals surface area contributed by atoms with Gasteiger partial charge in [-0.15, -0.1) is 0 Å². The molecule has 0 aromatic heterocycles. The molecule has 1 saturated heterocycles. The van der Waals surface area contributed by atoms with Crippen LogP contribution in [-0.4, -0.2) is 31.7 Å². The van der Waals surface area contributed by atoms with Gasteiger partial charge in [0, 0.05) is 24.7 Å². The Morgan fingerprint density at radius 2 is 1.86 bits per heavy atom. The molecule has 1 heterocycles. The summed E-state index contributed by atoms with van der Waals surface area (Å²) in [6.07, 6.45) is 0.932. The zero-order valence-corrected chi connectivity index (χ0v) is 16.8. The van der Waals surface area contributed by atoms with E-state index in [-0.39, 0.29) is 11.8 Å². The Bertz CT molecular complexity index is 1030. The van der Waals surface area contributed by atoms with Crippen LogP contribution in [0.4, 0.5) is 5.69 Å². The van der Waals surface area contributed by atoms with Gasteiger partial charge in [0.2, 0.25) is 15.9 Å². The number of piperidine rings is 1. The first-order valence-electron chi connectivity index (χ1n) is 9.19. The predicted molar refractivity (Wildman–Crippen MR) is 107 cm³/mol. The molecule has 7 heteroatoms. The number of hydrogen-bond acceptors (Lipinski definition) is 4. The molecule has 0 radical (unpaired) electrons.